The van der Waals surface area contributed by atoms with Gasteiger partial charge in [-0.3, -0.25) is 0 Å². The summed E-state index contributed by atoms with van der Waals surface area (Å²) in [5.41, 5.74) is 5.75. The Morgan fingerprint density at radius 3 is 2.67 bits per heavy atom. The summed E-state index contributed by atoms with van der Waals surface area (Å²) in [7, 11) is 0. The predicted molar refractivity (Wildman–Crippen MR) is 96.7 cm³/mol. The Hall–Kier alpha value is -2.91. The number of hydrogen-bond donors (Lipinski definition) is 1. The fourth-order valence-corrected chi connectivity index (χ4v) is 2.42. The summed E-state index contributed by atoms with van der Waals surface area (Å²) in [6.07, 6.45) is 1.64. The van der Waals surface area contributed by atoms with E-state index in [2.05, 4.69) is 31.4 Å². The lowest BCUT2D eigenvalue weighted by atomic mass is 10.1. The molecule has 1 aromatic heterocycles. The first-order valence-corrected chi connectivity index (χ1v) is 7.98. The summed E-state index contributed by atoms with van der Waals surface area (Å²) in [6.45, 7) is 2.00. The second-order valence-corrected chi connectivity index (χ2v) is 5.92. The normalized spacial score (nSPS) is 10.7. The number of rotatable bonds is 4. The van der Waals surface area contributed by atoms with E-state index < -0.39 is 0 Å². The van der Waals surface area contributed by atoms with Gasteiger partial charge in [0, 0.05) is 15.6 Å². The second-order valence-electron chi connectivity index (χ2n) is 5.07. The van der Waals surface area contributed by atoms with Crippen molar-refractivity contribution in [3.05, 3.63) is 69.8 Å². The number of hydrogen-bond acceptors (Lipinski definition) is 5. The van der Waals surface area contributed by atoms with Gasteiger partial charge in [-0.1, -0.05) is 51.8 Å². The maximum absolute atomic E-state index is 9.21. The van der Waals surface area contributed by atoms with Crippen LogP contribution in [0.2, 0.25) is 0 Å². The molecule has 0 unspecified atom stereocenters. The van der Waals surface area contributed by atoms with Crippen LogP contribution in [0.4, 0.5) is 5.88 Å². The summed E-state index contributed by atoms with van der Waals surface area (Å²) in [5.74, 6) is 0.599. The second kappa shape index (κ2) is 7.11. The molecule has 1 heterocycles. The lowest BCUT2D eigenvalue weighted by Crippen LogP contribution is -1.92. The van der Waals surface area contributed by atoms with Gasteiger partial charge in [-0.15, -0.1) is 0 Å². The number of nitrogens with zero attached hydrogens (tertiary/aromatic N) is 3. The lowest BCUT2D eigenvalue weighted by molar-refractivity contribution is 0.587. The zero-order valence-electron chi connectivity index (χ0n) is 12.8. The van der Waals surface area contributed by atoms with Crippen molar-refractivity contribution in [1.82, 2.24) is 4.98 Å². The van der Waals surface area contributed by atoms with Gasteiger partial charge in [-0.05, 0) is 25.1 Å². The largest absolute Gasteiger partial charge is 0.417 e. The van der Waals surface area contributed by atoms with E-state index in [1.165, 1.54) is 0 Å². The first kappa shape index (κ1) is 16.0. The van der Waals surface area contributed by atoms with E-state index >= 15 is 0 Å². The number of aromatic nitrogens is 1. The van der Waals surface area contributed by atoms with Crippen molar-refractivity contribution >= 4 is 28.0 Å². The minimum atomic E-state index is 0.162. The topological polar surface area (TPSA) is 74.2 Å². The van der Waals surface area contributed by atoms with Crippen LogP contribution in [-0.4, -0.2) is 11.2 Å². The molecule has 0 aliphatic rings. The number of benzene rings is 2. The minimum absolute atomic E-state index is 0.162. The van der Waals surface area contributed by atoms with Crippen molar-refractivity contribution < 1.29 is 4.42 Å². The molecule has 3 rings (SSSR count). The number of nitriles is 1. The molecule has 0 saturated carbocycles. The Morgan fingerprint density at radius 1 is 1.21 bits per heavy atom. The minimum Gasteiger partial charge on any atom is -0.417 e. The number of anilines is 1. The fourth-order valence-electron chi connectivity index (χ4n) is 2.03. The van der Waals surface area contributed by atoms with Gasteiger partial charge in [-0.2, -0.15) is 15.3 Å². The van der Waals surface area contributed by atoms with Crippen molar-refractivity contribution in [1.29, 1.82) is 5.26 Å². The third kappa shape index (κ3) is 3.53. The first-order valence-electron chi connectivity index (χ1n) is 7.19. The van der Waals surface area contributed by atoms with Crippen molar-refractivity contribution in [2.24, 2.45) is 5.10 Å². The summed E-state index contributed by atoms with van der Waals surface area (Å²) in [6, 6.07) is 17.4. The highest BCUT2D eigenvalue weighted by molar-refractivity contribution is 9.10. The fraction of sp³-hybridized carbons (Fsp3) is 0.0556. The molecule has 0 bridgehead atoms. The quantitative estimate of drug-likeness (QED) is 0.524. The van der Waals surface area contributed by atoms with Gasteiger partial charge in [0.2, 0.25) is 11.6 Å². The van der Waals surface area contributed by atoms with Crippen LogP contribution < -0.4 is 5.43 Å². The summed E-state index contributed by atoms with van der Waals surface area (Å²) < 4.78 is 6.55. The molecule has 0 spiro atoms. The highest BCUT2D eigenvalue weighted by Crippen LogP contribution is 2.25. The Morgan fingerprint density at radius 2 is 1.96 bits per heavy atom. The molecule has 0 saturated heterocycles. The number of halogens is 1. The van der Waals surface area contributed by atoms with Crippen LogP contribution in [0.15, 0.2) is 62.5 Å². The molecule has 0 radical (unpaired) electrons. The van der Waals surface area contributed by atoms with Crippen LogP contribution in [-0.2, 0) is 0 Å². The van der Waals surface area contributed by atoms with Crippen LogP contribution in [0.25, 0.3) is 11.5 Å². The first-order chi connectivity index (χ1) is 11.7. The van der Waals surface area contributed by atoms with Gasteiger partial charge in [0.1, 0.15) is 6.07 Å². The molecule has 6 heteroatoms. The Bertz CT molecular complexity index is 923. The molecular formula is C18H13BrN4O. The standard InChI is InChI=1S/C18H13BrN4O/c1-12-6-8-13(9-7-12)17-22-16(10-20)18(24-17)23-21-11-14-4-2-3-5-15(14)19/h2-9,11,23H,1H3/b21-11-. The molecule has 0 aliphatic carbocycles. The molecule has 2 aromatic carbocycles. The predicted octanol–water partition coefficient (Wildman–Crippen LogP) is 4.73. The third-order valence-corrected chi connectivity index (χ3v) is 4.03. The Balaban J connectivity index is 1.82. The van der Waals surface area contributed by atoms with Crippen molar-refractivity contribution in [2.75, 3.05) is 5.43 Å². The van der Waals surface area contributed by atoms with Gasteiger partial charge in [0.05, 0.1) is 6.21 Å². The summed E-state index contributed by atoms with van der Waals surface area (Å²) in [4.78, 5) is 4.20. The summed E-state index contributed by atoms with van der Waals surface area (Å²) in [5, 5.41) is 13.3. The molecule has 0 atom stereocenters. The molecule has 1 N–H and O–H groups in total. The van der Waals surface area contributed by atoms with Gasteiger partial charge < -0.3 is 4.42 Å². The zero-order valence-corrected chi connectivity index (χ0v) is 14.4. The van der Waals surface area contributed by atoms with Gasteiger partial charge in [-0.25, -0.2) is 5.43 Å². The number of oxazole rings is 1. The van der Waals surface area contributed by atoms with Gasteiger partial charge in [0.15, 0.2) is 0 Å². The van der Waals surface area contributed by atoms with E-state index in [1.54, 1.807) is 6.21 Å². The van der Waals surface area contributed by atoms with Gasteiger partial charge in [0.25, 0.3) is 5.88 Å². The number of aryl methyl sites for hydroxylation is 1. The van der Waals surface area contributed by atoms with Crippen molar-refractivity contribution in [2.45, 2.75) is 6.92 Å². The highest BCUT2D eigenvalue weighted by Gasteiger charge is 2.13. The van der Waals surface area contributed by atoms with E-state index in [1.807, 2.05) is 61.5 Å². The van der Waals surface area contributed by atoms with Crippen LogP contribution in [0.5, 0.6) is 0 Å². The van der Waals surface area contributed by atoms with Crippen LogP contribution in [0.1, 0.15) is 16.8 Å². The third-order valence-electron chi connectivity index (χ3n) is 3.31. The number of nitrogens with one attached hydrogen (secondary N) is 1. The zero-order chi connectivity index (χ0) is 16.9. The van der Waals surface area contributed by atoms with Crippen molar-refractivity contribution in [3.8, 4) is 17.5 Å². The molecule has 0 amide bonds. The molecule has 5 nitrogen and oxygen atoms in total. The molecule has 24 heavy (non-hydrogen) atoms. The average Bonchev–Trinajstić information content (AvgIpc) is 3.00. The lowest BCUT2D eigenvalue weighted by Gasteiger charge is -1.98. The SMILES string of the molecule is Cc1ccc(-c2nc(C#N)c(N/N=C\c3ccccc3Br)o2)cc1. The maximum atomic E-state index is 9.21. The average molecular weight is 381 g/mol. The molecule has 0 fully saturated rings. The maximum Gasteiger partial charge on any atom is 0.252 e. The summed E-state index contributed by atoms with van der Waals surface area (Å²) >= 11 is 3.44. The smallest absolute Gasteiger partial charge is 0.252 e. The van der Waals surface area contributed by atoms with Crippen molar-refractivity contribution in [3.63, 3.8) is 0 Å². The molecular weight excluding hydrogens is 368 g/mol. The van der Waals surface area contributed by atoms with E-state index in [9.17, 15) is 5.26 Å². The van der Waals surface area contributed by atoms with Gasteiger partial charge >= 0.3 is 0 Å². The van der Waals surface area contributed by atoms with Crippen LogP contribution in [0, 0.1) is 18.3 Å². The van der Waals surface area contributed by atoms with E-state index in [0.29, 0.717) is 5.89 Å². The van der Waals surface area contributed by atoms with Crippen LogP contribution in [0.3, 0.4) is 0 Å². The van der Waals surface area contributed by atoms with E-state index in [4.69, 9.17) is 4.42 Å². The van der Waals surface area contributed by atoms with E-state index in [-0.39, 0.29) is 11.6 Å². The Kier molecular flexibility index (Phi) is 4.73. The molecule has 0 aliphatic heterocycles. The number of hydrazone groups is 1. The van der Waals surface area contributed by atoms with Crippen LogP contribution >= 0.6 is 15.9 Å². The molecule has 118 valence electrons. The monoisotopic (exact) mass is 380 g/mol. The van der Waals surface area contributed by atoms with E-state index in [0.717, 1.165) is 21.2 Å². The highest BCUT2D eigenvalue weighted by atomic mass is 79.9. The molecule has 3 aromatic rings. The Labute approximate surface area is 147 Å².